The van der Waals surface area contributed by atoms with Crippen LogP contribution in [0.4, 0.5) is 4.39 Å². The number of aliphatic imine (C=N–C) groups is 1. The number of ether oxygens (including phenoxy) is 1. The first-order valence-corrected chi connectivity index (χ1v) is 8.33. The van der Waals surface area contributed by atoms with Gasteiger partial charge in [0.05, 0.1) is 11.1 Å². The van der Waals surface area contributed by atoms with Gasteiger partial charge in [-0.3, -0.25) is 4.99 Å². The Balaban J connectivity index is 0.00000264. The molecule has 1 heterocycles. The maximum atomic E-state index is 13.2. The van der Waals surface area contributed by atoms with Crippen molar-refractivity contribution in [2.45, 2.75) is 12.8 Å². The SMILES string of the molecule is CN=C(NCCc1ccc(F)c(Br)c1)N(C)CC1CCOC1.I. The topological polar surface area (TPSA) is 36.9 Å². The lowest BCUT2D eigenvalue weighted by Gasteiger charge is -2.24. The van der Waals surface area contributed by atoms with E-state index in [2.05, 4.69) is 31.1 Å². The Hall–Kier alpha value is -0.410. The molecule has 0 spiro atoms. The molecule has 23 heavy (non-hydrogen) atoms. The predicted octanol–water partition coefficient (Wildman–Crippen LogP) is 3.29. The quantitative estimate of drug-likeness (QED) is 0.383. The highest BCUT2D eigenvalue weighted by atomic mass is 127. The Morgan fingerprint density at radius 1 is 1.52 bits per heavy atom. The summed E-state index contributed by atoms with van der Waals surface area (Å²) in [6.07, 6.45) is 1.93. The van der Waals surface area contributed by atoms with Gasteiger partial charge in [0, 0.05) is 39.7 Å². The standard InChI is InChI=1S/C16H23BrFN3O.HI/c1-19-16(21(2)10-13-6-8-22-11-13)20-7-5-12-3-4-15(18)14(17)9-12;/h3-4,9,13H,5-8,10-11H2,1-2H3,(H,19,20);1H. The number of hydrogen-bond donors (Lipinski definition) is 1. The van der Waals surface area contributed by atoms with Crippen LogP contribution in [0.5, 0.6) is 0 Å². The molecule has 1 aliphatic heterocycles. The summed E-state index contributed by atoms with van der Waals surface area (Å²) in [6.45, 7) is 3.41. The lowest BCUT2D eigenvalue weighted by Crippen LogP contribution is -2.42. The lowest BCUT2D eigenvalue weighted by molar-refractivity contribution is 0.181. The van der Waals surface area contributed by atoms with Crippen molar-refractivity contribution in [2.24, 2.45) is 10.9 Å². The number of hydrogen-bond acceptors (Lipinski definition) is 2. The van der Waals surface area contributed by atoms with Crippen molar-refractivity contribution in [1.82, 2.24) is 10.2 Å². The number of nitrogens with one attached hydrogen (secondary N) is 1. The maximum absolute atomic E-state index is 13.2. The molecule has 7 heteroatoms. The van der Waals surface area contributed by atoms with Crippen LogP contribution < -0.4 is 5.32 Å². The predicted molar refractivity (Wildman–Crippen MR) is 106 cm³/mol. The fourth-order valence-electron chi connectivity index (χ4n) is 2.60. The number of rotatable bonds is 5. The Labute approximate surface area is 163 Å². The van der Waals surface area contributed by atoms with Crippen LogP contribution in [0.3, 0.4) is 0 Å². The van der Waals surface area contributed by atoms with Gasteiger partial charge in [-0.05, 0) is 46.5 Å². The van der Waals surface area contributed by atoms with Gasteiger partial charge in [-0.1, -0.05) is 6.07 Å². The van der Waals surface area contributed by atoms with Crippen molar-refractivity contribution in [3.8, 4) is 0 Å². The van der Waals surface area contributed by atoms with E-state index in [1.165, 1.54) is 6.07 Å². The fourth-order valence-corrected chi connectivity index (χ4v) is 3.03. The highest BCUT2D eigenvalue weighted by Crippen LogP contribution is 2.17. The molecule has 1 aliphatic rings. The molecule has 0 aliphatic carbocycles. The molecule has 2 rings (SSSR count). The van der Waals surface area contributed by atoms with Gasteiger partial charge in [0.15, 0.2) is 5.96 Å². The molecule has 0 aromatic heterocycles. The highest BCUT2D eigenvalue weighted by molar-refractivity contribution is 14.0. The monoisotopic (exact) mass is 499 g/mol. The van der Waals surface area contributed by atoms with Crippen LogP contribution in [0.25, 0.3) is 0 Å². The summed E-state index contributed by atoms with van der Waals surface area (Å²) < 4.78 is 19.1. The summed E-state index contributed by atoms with van der Waals surface area (Å²) in [7, 11) is 3.83. The Morgan fingerprint density at radius 3 is 2.91 bits per heavy atom. The second-order valence-electron chi connectivity index (χ2n) is 5.58. The van der Waals surface area contributed by atoms with Gasteiger partial charge in [-0.15, -0.1) is 24.0 Å². The van der Waals surface area contributed by atoms with Gasteiger partial charge in [-0.2, -0.15) is 0 Å². The summed E-state index contributed by atoms with van der Waals surface area (Å²) >= 11 is 3.21. The maximum Gasteiger partial charge on any atom is 0.193 e. The average molecular weight is 500 g/mol. The van der Waals surface area contributed by atoms with Gasteiger partial charge in [0.1, 0.15) is 5.82 Å². The van der Waals surface area contributed by atoms with Crippen molar-refractivity contribution in [2.75, 3.05) is 40.4 Å². The molecule has 130 valence electrons. The third-order valence-corrected chi connectivity index (χ3v) is 4.42. The average Bonchev–Trinajstić information content (AvgIpc) is 3.00. The first kappa shape index (κ1) is 20.6. The summed E-state index contributed by atoms with van der Waals surface area (Å²) in [5.41, 5.74) is 1.09. The number of benzene rings is 1. The third-order valence-electron chi connectivity index (χ3n) is 3.81. The van der Waals surface area contributed by atoms with Crippen LogP contribution >= 0.6 is 39.9 Å². The van der Waals surface area contributed by atoms with Gasteiger partial charge >= 0.3 is 0 Å². The van der Waals surface area contributed by atoms with Crippen molar-refractivity contribution >= 4 is 45.9 Å². The summed E-state index contributed by atoms with van der Waals surface area (Å²) in [4.78, 5) is 6.45. The van der Waals surface area contributed by atoms with Gasteiger partial charge < -0.3 is 15.0 Å². The first-order chi connectivity index (χ1) is 10.6. The van der Waals surface area contributed by atoms with E-state index in [9.17, 15) is 4.39 Å². The molecule has 1 fully saturated rings. The minimum atomic E-state index is -0.231. The molecule has 1 saturated heterocycles. The van der Waals surface area contributed by atoms with E-state index < -0.39 is 0 Å². The minimum Gasteiger partial charge on any atom is -0.381 e. The van der Waals surface area contributed by atoms with Crippen LogP contribution in [0.15, 0.2) is 27.7 Å². The smallest absolute Gasteiger partial charge is 0.193 e. The minimum absolute atomic E-state index is 0. The molecular weight excluding hydrogens is 476 g/mol. The van der Waals surface area contributed by atoms with Crippen molar-refractivity contribution in [3.05, 3.63) is 34.1 Å². The zero-order valence-electron chi connectivity index (χ0n) is 13.5. The second-order valence-corrected chi connectivity index (χ2v) is 6.44. The summed E-state index contributed by atoms with van der Waals surface area (Å²) in [6, 6.07) is 5.12. The van der Waals surface area contributed by atoms with Crippen LogP contribution in [-0.4, -0.2) is 51.3 Å². The molecule has 0 saturated carbocycles. The molecule has 0 amide bonds. The molecule has 1 unspecified atom stereocenters. The van der Waals surface area contributed by atoms with E-state index in [0.717, 1.165) is 50.7 Å². The van der Waals surface area contributed by atoms with Crippen LogP contribution in [0.1, 0.15) is 12.0 Å². The largest absolute Gasteiger partial charge is 0.381 e. The summed E-state index contributed by atoms with van der Waals surface area (Å²) in [5, 5.41) is 3.35. The molecule has 1 aromatic rings. The molecule has 0 bridgehead atoms. The van der Waals surface area contributed by atoms with E-state index >= 15 is 0 Å². The van der Waals surface area contributed by atoms with Gasteiger partial charge in [0.25, 0.3) is 0 Å². The van der Waals surface area contributed by atoms with Crippen LogP contribution in [0.2, 0.25) is 0 Å². The van der Waals surface area contributed by atoms with Crippen molar-refractivity contribution in [1.29, 1.82) is 0 Å². The second kappa shape index (κ2) is 10.5. The third kappa shape index (κ3) is 6.54. The van der Waals surface area contributed by atoms with Crippen LogP contribution in [-0.2, 0) is 11.2 Å². The lowest BCUT2D eigenvalue weighted by atomic mass is 10.1. The zero-order chi connectivity index (χ0) is 15.9. The summed E-state index contributed by atoms with van der Waals surface area (Å²) in [5.74, 6) is 1.23. The zero-order valence-corrected chi connectivity index (χ0v) is 17.4. The van der Waals surface area contributed by atoms with E-state index in [1.54, 1.807) is 7.05 Å². The molecular formula is C16H24BrFIN3O. The molecule has 1 N–H and O–H groups in total. The van der Waals surface area contributed by atoms with E-state index in [-0.39, 0.29) is 29.8 Å². The van der Waals surface area contributed by atoms with Gasteiger partial charge in [0.2, 0.25) is 0 Å². The molecule has 1 atom stereocenters. The van der Waals surface area contributed by atoms with Gasteiger partial charge in [-0.25, -0.2) is 4.39 Å². The normalized spacial score (nSPS) is 17.7. The first-order valence-electron chi connectivity index (χ1n) is 7.53. The number of nitrogens with zero attached hydrogens (tertiary/aromatic N) is 2. The fraction of sp³-hybridized carbons (Fsp3) is 0.562. The van der Waals surface area contributed by atoms with E-state index in [0.29, 0.717) is 10.4 Å². The van der Waals surface area contributed by atoms with Crippen LogP contribution in [0, 0.1) is 11.7 Å². The number of halogens is 3. The van der Waals surface area contributed by atoms with Crippen molar-refractivity contribution in [3.63, 3.8) is 0 Å². The van der Waals surface area contributed by atoms with E-state index in [1.807, 2.05) is 19.2 Å². The Bertz CT molecular complexity index is 524. The molecule has 4 nitrogen and oxygen atoms in total. The Morgan fingerprint density at radius 2 is 2.30 bits per heavy atom. The number of guanidine groups is 1. The molecule has 0 radical (unpaired) electrons. The molecule has 1 aromatic carbocycles. The van der Waals surface area contributed by atoms with E-state index in [4.69, 9.17) is 4.74 Å². The Kier molecular flexibility index (Phi) is 9.38. The van der Waals surface area contributed by atoms with Crippen molar-refractivity contribution < 1.29 is 9.13 Å². The highest BCUT2D eigenvalue weighted by Gasteiger charge is 2.18.